The first-order chi connectivity index (χ1) is 24.6. The highest BCUT2D eigenvalue weighted by Gasteiger charge is 2.68. The van der Waals surface area contributed by atoms with Gasteiger partial charge in [0.2, 0.25) is 0 Å². The van der Waals surface area contributed by atoms with Crippen LogP contribution in [0.15, 0.2) is 24.3 Å². The van der Waals surface area contributed by atoms with E-state index in [1.807, 2.05) is 0 Å². The smallest absolute Gasteiger partial charge is 0.172 e. The summed E-state index contributed by atoms with van der Waals surface area (Å²) in [6.45, 7) is 12.9. The second-order valence-corrected chi connectivity index (χ2v) is 17.5. The fourth-order valence-electron chi connectivity index (χ4n) is 11.3. The average molecular weight is 715 g/mol. The van der Waals surface area contributed by atoms with Gasteiger partial charge in [0.25, 0.3) is 0 Å². The number of carbonyl (C=O) groups excluding carboxylic acids is 1. The molecule has 1 spiro atoms. The molecule has 10 fully saturated rings. The third-order valence-corrected chi connectivity index (χ3v) is 14.1. The van der Waals surface area contributed by atoms with Crippen LogP contribution in [0.25, 0.3) is 0 Å². The lowest BCUT2D eigenvalue weighted by atomic mass is 9.79. The van der Waals surface area contributed by atoms with Crippen LogP contribution in [0, 0.1) is 17.8 Å². The first-order valence-corrected chi connectivity index (χ1v) is 20.0. The molecule has 10 heterocycles. The minimum Gasteiger partial charge on any atom is -0.394 e. The highest BCUT2D eigenvalue weighted by Crippen LogP contribution is 2.54. The molecule has 0 saturated carbocycles. The number of ketones is 1. The lowest BCUT2D eigenvalue weighted by Crippen LogP contribution is -2.61. The standard InChI is InChI=1S/C40H58O11/c1-19-11-25-5-7-29-20(2)12-27(44-29)9-10-40-17-34-36(50-40)37-38(49-34)39(51-40)35-30(48-37)8-6-26(46-35)13-23(42)14-28-22(4)31(15-24(43)18-41)47-33(28)16-32(45-25)21(19)3/h19,22,24-39,41,43H,2-3,5-18H2,1,4H3/t19-,22-,24+,25+,26-,27+,28?,29?,30+,31?,32?,33+,34-,35+,36+,37+,38-,39?,40+/m1/s1. The van der Waals surface area contributed by atoms with Gasteiger partial charge >= 0.3 is 0 Å². The maximum Gasteiger partial charge on any atom is 0.172 e. The van der Waals surface area contributed by atoms with Crippen molar-refractivity contribution >= 4 is 5.78 Å². The Labute approximate surface area is 301 Å². The lowest BCUT2D eigenvalue weighted by Gasteiger charge is -2.47. The molecule has 10 aliphatic rings. The van der Waals surface area contributed by atoms with Gasteiger partial charge in [0.15, 0.2) is 5.79 Å². The molecule has 11 nitrogen and oxygen atoms in total. The number of carbonyl (C=O) groups is 1. The van der Waals surface area contributed by atoms with E-state index in [9.17, 15) is 15.0 Å². The van der Waals surface area contributed by atoms with Crippen LogP contribution >= 0.6 is 0 Å². The maximum absolute atomic E-state index is 14.0. The Morgan fingerprint density at radius 3 is 2.33 bits per heavy atom. The van der Waals surface area contributed by atoms with E-state index in [1.165, 1.54) is 0 Å². The second-order valence-electron chi connectivity index (χ2n) is 17.5. The van der Waals surface area contributed by atoms with E-state index in [-0.39, 0.29) is 110 Å². The van der Waals surface area contributed by atoms with Gasteiger partial charge in [0.1, 0.15) is 36.3 Å². The van der Waals surface area contributed by atoms with Crippen molar-refractivity contribution in [3.05, 3.63) is 24.3 Å². The maximum atomic E-state index is 14.0. The summed E-state index contributed by atoms with van der Waals surface area (Å²) in [6, 6.07) is 0. The molecule has 10 rings (SSSR count). The quantitative estimate of drug-likeness (QED) is 0.410. The fourth-order valence-corrected chi connectivity index (χ4v) is 11.3. The molecule has 19 atom stereocenters. The van der Waals surface area contributed by atoms with Gasteiger partial charge in [-0.05, 0) is 73.8 Å². The normalized spacial score (nSPS) is 53.2. The first-order valence-electron chi connectivity index (χ1n) is 20.0. The van der Waals surface area contributed by atoms with E-state index >= 15 is 0 Å². The number of aliphatic hydroxyl groups excluding tert-OH is 2. The van der Waals surface area contributed by atoms with E-state index < -0.39 is 11.9 Å². The molecule has 0 aromatic rings. The number of rotatable bonds is 3. The molecule has 0 radical (unpaired) electrons. The van der Waals surface area contributed by atoms with Crippen molar-refractivity contribution in [3.63, 3.8) is 0 Å². The van der Waals surface area contributed by atoms with E-state index in [2.05, 4.69) is 27.0 Å². The molecule has 2 N–H and O–H groups in total. The van der Waals surface area contributed by atoms with Crippen LogP contribution in [0.2, 0.25) is 0 Å². The largest absolute Gasteiger partial charge is 0.394 e. The zero-order chi connectivity index (χ0) is 35.2. The SMILES string of the molecule is C=C1C[C@@H]2CC[C@@]34C[C@H]5O[C@H]6C(O3)[C@H]3O[C@H](CC[C@@H]3O[C@H]6[C@H]5O4)CC(=O)CC3[C@@H](C)C(C[C@H](O)CO)O[C@H]3CC3O[C@@H](CCC1O2)C[C@@H](C)C3=C. The average Bonchev–Trinajstić information content (AvgIpc) is 3.77. The minimum absolute atomic E-state index is 0.00894. The van der Waals surface area contributed by atoms with Gasteiger partial charge in [0, 0.05) is 38.5 Å². The Kier molecular flexibility index (Phi) is 9.59. The molecular weight excluding hydrogens is 656 g/mol. The van der Waals surface area contributed by atoms with Gasteiger partial charge in [-0.1, -0.05) is 27.0 Å². The van der Waals surface area contributed by atoms with Crippen LogP contribution in [0.1, 0.15) is 97.3 Å². The molecule has 0 amide bonds. The van der Waals surface area contributed by atoms with Crippen LogP contribution in [0.5, 0.6) is 0 Å². The number of ether oxygens (including phenoxy) is 8. The summed E-state index contributed by atoms with van der Waals surface area (Å²) in [5, 5.41) is 20.0. The number of fused-ring (bicyclic) bond motifs is 6. The predicted octanol–water partition coefficient (Wildman–Crippen LogP) is 4.09. The highest BCUT2D eigenvalue weighted by molar-refractivity contribution is 5.79. The van der Waals surface area contributed by atoms with E-state index in [4.69, 9.17) is 37.9 Å². The molecule has 0 aromatic heterocycles. The number of hydrogen-bond acceptors (Lipinski definition) is 11. The molecule has 10 aliphatic heterocycles. The molecule has 284 valence electrons. The van der Waals surface area contributed by atoms with E-state index in [0.29, 0.717) is 44.4 Å². The number of hydrogen-bond donors (Lipinski definition) is 2. The Balaban J connectivity index is 0.986. The Morgan fingerprint density at radius 1 is 0.745 bits per heavy atom. The van der Waals surface area contributed by atoms with Crippen molar-refractivity contribution in [3.8, 4) is 0 Å². The second kappa shape index (κ2) is 13.8. The van der Waals surface area contributed by atoms with Gasteiger partial charge in [-0.2, -0.15) is 0 Å². The molecule has 10 saturated heterocycles. The summed E-state index contributed by atoms with van der Waals surface area (Å²) in [5.41, 5.74) is 2.22. The van der Waals surface area contributed by atoms with E-state index in [1.54, 1.807) is 0 Å². The molecule has 0 aromatic carbocycles. The lowest BCUT2D eigenvalue weighted by molar-refractivity contribution is -0.292. The van der Waals surface area contributed by atoms with Gasteiger partial charge in [-0.3, -0.25) is 4.79 Å². The number of Topliss-reactive ketones (excluding diaryl/α,β-unsaturated/α-hetero) is 1. The summed E-state index contributed by atoms with van der Waals surface area (Å²) in [5.74, 6) is -0.367. The predicted molar refractivity (Wildman–Crippen MR) is 183 cm³/mol. The zero-order valence-electron chi connectivity index (χ0n) is 30.3. The summed E-state index contributed by atoms with van der Waals surface area (Å²) < 4.78 is 53.9. The van der Waals surface area contributed by atoms with Crippen LogP contribution in [-0.4, -0.2) is 120 Å². The van der Waals surface area contributed by atoms with Crippen LogP contribution in [0.3, 0.4) is 0 Å². The van der Waals surface area contributed by atoms with Crippen molar-refractivity contribution in [2.75, 3.05) is 6.61 Å². The molecule has 51 heavy (non-hydrogen) atoms. The van der Waals surface area contributed by atoms with Gasteiger partial charge in [-0.15, -0.1) is 0 Å². The highest BCUT2D eigenvalue weighted by atomic mass is 16.8. The van der Waals surface area contributed by atoms with Crippen LogP contribution in [0.4, 0.5) is 0 Å². The van der Waals surface area contributed by atoms with Crippen molar-refractivity contribution in [2.45, 2.75) is 195 Å². The third-order valence-electron chi connectivity index (χ3n) is 14.1. The summed E-state index contributed by atoms with van der Waals surface area (Å²) in [6.07, 6.45) is 5.65. The van der Waals surface area contributed by atoms with E-state index in [0.717, 1.165) is 56.1 Å². The van der Waals surface area contributed by atoms with Gasteiger partial charge in [-0.25, -0.2) is 0 Å². The summed E-state index contributed by atoms with van der Waals surface area (Å²) in [4.78, 5) is 14.0. The van der Waals surface area contributed by atoms with Crippen molar-refractivity contribution in [2.24, 2.45) is 17.8 Å². The number of aliphatic hydroxyl groups is 2. The van der Waals surface area contributed by atoms with Gasteiger partial charge < -0.3 is 48.1 Å². The Bertz CT molecular complexity index is 1360. The van der Waals surface area contributed by atoms with Crippen molar-refractivity contribution < 1.29 is 52.9 Å². The Morgan fingerprint density at radius 2 is 1.49 bits per heavy atom. The summed E-state index contributed by atoms with van der Waals surface area (Å²) in [7, 11) is 0. The first kappa shape index (κ1) is 35.5. The molecular formula is C40H58O11. The minimum atomic E-state index is -0.872. The van der Waals surface area contributed by atoms with Gasteiger partial charge in [0.05, 0.1) is 67.6 Å². The monoisotopic (exact) mass is 714 g/mol. The van der Waals surface area contributed by atoms with Crippen molar-refractivity contribution in [1.82, 2.24) is 0 Å². The topological polar surface area (TPSA) is 131 Å². The fraction of sp³-hybridized carbons (Fsp3) is 0.875. The molecule has 12 bridgehead atoms. The summed E-state index contributed by atoms with van der Waals surface area (Å²) >= 11 is 0. The van der Waals surface area contributed by atoms with Crippen LogP contribution in [-0.2, 0) is 42.7 Å². The molecule has 0 aliphatic carbocycles. The zero-order valence-corrected chi connectivity index (χ0v) is 30.3. The van der Waals surface area contributed by atoms with Crippen LogP contribution < -0.4 is 0 Å². The molecule has 11 heteroatoms. The Hall–Kier alpha value is -1.25. The molecule has 5 unspecified atom stereocenters. The van der Waals surface area contributed by atoms with Crippen molar-refractivity contribution in [1.29, 1.82) is 0 Å². The third kappa shape index (κ3) is 6.53.